The van der Waals surface area contributed by atoms with E-state index in [-0.39, 0.29) is 12.3 Å². The van der Waals surface area contributed by atoms with Gasteiger partial charge in [0, 0.05) is 35.7 Å². The summed E-state index contributed by atoms with van der Waals surface area (Å²) in [6.07, 6.45) is 6.02. The Balaban J connectivity index is 1.49. The minimum Gasteiger partial charge on any atom is -0.486 e. The number of rotatable bonds is 8. The molecule has 0 aliphatic carbocycles. The van der Waals surface area contributed by atoms with Gasteiger partial charge < -0.3 is 4.74 Å². The molecule has 0 spiro atoms. The number of hydrogen-bond acceptors (Lipinski definition) is 8. The topological polar surface area (TPSA) is 137 Å². The maximum Gasteiger partial charge on any atom is 0.271 e. The van der Waals surface area contributed by atoms with E-state index >= 15 is 0 Å². The van der Waals surface area contributed by atoms with Gasteiger partial charge in [0.25, 0.3) is 11.6 Å². The van der Waals surface area contributed by atoms with Crippen LogP contribution in [0.2, 0.25) is 0 Å². The van der Waals surface area contributed by atoms with Crippen LogP contribution in [0.5, 0.6) is 5.75 Å². The largest absolute Gasteiger partial charge is 0.486 e. The van der Waals surface area contributed by atoms with Crippen LogP contribution in [-0.4, -0.2) is 37.0 Å². The molecule has 35 heavy (non-hydrogen) atoms. The molecule has 0 atom stereocenters. The third-order valence-corrected chi connectivity index (χ3v) is 5.03. The van der Waals surface area contributed by atoms with Crippen molar-refractivity contribution in [3.05, 3.63) is 105 Å². The molecule has 0 saturated carbocycles. The van der Waals surface area contributed by atoms with Gasteiger partial charge in [-0.25, -0.2) is 10.1 Å². The van der Waals surface area contributed by atoms with E-state index in [2.05, 4.69) is 31.9 Å². The summed E-state index contributed by atoms with van der Waals surface area (Å²) in [6.45, 7) is 4.09. The minimum absolute atomic E-state index is 0.0763. The highest BCUT2D eigenvalue weighted by Gasteiger charge is 2.13. The normalized spacial score (nSPS) is 10.9. The van der Waals surface area contributed by atoms with Crippen molar-refractivity contribution in [3.8, 4) is 11.4 Å². The Labute approximate surface area is 200 Å². The highest BCUT2D eigenvalue weighted by Crippen LogP contribution is 2.24. The summed E-state index contributed by atoms with van der Waals surface area (Å²) in [4.78, 5) is 26.7. The smallest absolute Gasteiger partial charge is 0.271 e. The van der Waals surface area contributed by atoms with Crippen LogP contribution < -0.4 is 10.2 Å². The minimum atomic E-state index is -0.522. The summed E-state index contributed by atoms with van der Waals surface area (Å²) < 4.78 is 7.51. The van der Waals surface area contributed by atoms with Gasteiger partial charge in [-0.3, -0.25) is 19.9 Å². The number of aromatic nitrogens is 4. The summed E-state index contributed by atoms with van der Waals surface area (Å²) in [7, 11) is 0. The van der Waals surface area contributed by atoms with Gasteiger partial charge in [-0.1, -0.05) is 22.9 Å². The second kappa shape index (κ2) is 10.3. The first-order chi connectivity index (χ1) is 16.9. The van der Waals surface area contributed by atoms with E-state index in [4.69, 9.17) is 4.74 Å². The van der Waals surface area contributed by atoms with E-state index in [1.807, 2.05) is 26.0 Å². The van der Waals surface area contributed by atoms with Gasteiger partial charge in [0.05, 0.1) is 23.0 Å². The molecule has 1 N–H and O–H groups in total. The molecule has 1 amide bonds. The Morgan fingerprint density at radius 3 is 2.71 bits per heavy atom. The molecule has 0 aliphatic rings. The van der Waals surface area contributed by atoms with Crippen LogP contribution in [0.25, 0.3) is 5.69 Å². The maximum absolute atomic E-state index is 12.2. The van der Waals surface area contributed by atoms with Crippen molar-refractivity contribution in [2.45, 2.75) is 20.5 Å². The van der Waals surface area contributed by atoms with Gasteiger partial charge in [0.1, 0.15) is 18.1 Å². The third-order valence-electron chi connectivity index (χ3n) is 5.03. The number of nitro benzene ring substituents is 1. The first-order valence-electron chi connectivity index (χ1n) is 10.5. The lowest BCUT2D eigenvalue weighted by atomic mass is 10.1. The SMILES string of the molecule is Cc1ccc(-n2cc(COc3ccc([N+](=O)[O-])cc3/C=N/NC(=O)c3ccncc3)nn2)c(C)c1. The lowest BCUT2D eigenvalue weighted by Crippen LogP contribution is -2.17. The summed E-state index contributed by atoms with van der Waals surface area (Å²) in [5, 5.41) is 23.5. The maximum atomic E-state index is 12.2. The average Bonchev–Trinajstić information content (AvgIpc) is 3.32. The second-order valence-electron chi connectivity index (χ2n) is 7.65. The van der Waals surface area contributed by atoms with Crippen LogP contribution in [0, 0.1) is 24.0 Å². The molecule has 0 bridgehead atoms. The summed E-state index contributed by atoms with van der Waals surface area (Å²) in [6, 6.07) is 13.2. The molecule has 11 heteroatoms. The van der Waals surface area contributed by atoms with Crippen LogP contribution >= 0.6 is 0 Å². The number of hydrogen-bond donors (Lipinski definition) is 1. The number of nitrogens with zero attached hydrogens (tertiary/aromatic N) is 6. The van der Waals surface area contributed by atoms with Crippen molar-refractivity contribution >= 4 is 17.8 Å². The molecule has 4 rings (SSSR count). The first-order valence-corrected chi connectivity index (χ1v) is 10.5. The van der Waals surface area contributed by atoms with E-state index in [0.717, 1.165) is 16.8 Å². The predicted molar refractivity (Wildman–Crippen MR) is 128 cm³/mol. The third kappa shape index (κ3) is 5.71. The van der Waals surface area contributed by atoms with Gasteiger partial charge in [-0.05, 0) is 43.7 Å². The Morgan fingerprint density at radius 2 is 1.97 bits per heavy atom. The van der Waals surface area contributed by atoms with Gasteiger partial charge in [-0.15, -0.1) is 5.10 Å². The predicted octanol–water partition coefficient (Wildman–Crippen LogP) is 3.53. The molecule has 0 saturated heterocycles. The quantitative estimate of drug-likeness (QED) is 0.236. The molecule has 2 aromatic heterocycles. The fourth-order valence-electron chi connectivity index (χ4n) is 3.31. The Kier molecular flexibility index (Phi) is 6.86. The Morgan fingerprint density at radius 1 is 1.17 bits per heavy atom. The van der Waals surface area contributed by atoms with Gasteiger partial charge >= 0.3 is 0 Å². The average molecular weight is 471 g/mol. The summed E-state index contributed by atoms with van der Waals surface area (Å²) >= 11 is 0. The number of hydrazone groups is 1. The van der Waals surface area contributed by atoms with Crippen molar-refractivity contribution < 1.29 is 14.5 Å². The monoisotopic (exact) mass is 471 g/mol. The second-order valence-corrected chi connectivity index (χ2v) is 7.65. The molecule has 176 valence electrons. The zero-order valence-corrected chi connectivity index (χ0v) is 19.0. The van der Waals surface area contributed by atoms with Crippen molar-refractivity contribution in [2.24, 2.45) is 5.10 Å². The molecule has 4 aromatic rings. The van der Waals surface area contributed by atoms with E-state index in [1.54, 1.807) is 10.9 Å². The van der Waals surface area contributed by atoms with E-state index < -0.39 is 10.8 Å². The number of nitrogens with one attached hydrogen (secondary N) is 1. The van der Waals surface area contributed by atoms with Crippen molar-refractivity contribution in [1.29, 1.82) is 0 Å². The fraction of sp³-hybridized carbons (Fsp3) is 0.125. The first kappa shape index (κ1) is 23.2. The zero-order valence-electron chi connectivity index (χ0n) is 19.0. The number of benzene rings is 2. The van der Waals surface area contributed by atoms with Crippen LogP contribution in [0.4, 0.5) is 5.69 Å². The number of aryl methyl sites for hydroxylation is 2. The molecule has 0 unspecified atom stereocenters. The van der Waals surface area contributed by atoms with E-state index in [1.165, 1.54) is 48.9 Å². The Hall–Kier alpha value is -4.93. The lowest BCUT2D eigenvalue weighted by Gasteiger charge is -2.08. The van der Waals surface area contributed by atoms with Crippen LogP contribution in [0.3, 0.4) is 0 Å². The molecule has 0 aliphatic heterocycles. The number of non-ortho nitro benzene ring substituents is 1. The lowest BCUT2D eigenvalue weighted by molar-refractivity contribution is -0.384. The molecular weight excluding hydrogens is 450 g/mol. The van der Waals surface area contributed by atoms with Crippen LogP contribution in [0.15, 0.2) is 72.2 Å². The number of carbonyl (C=O) groups excluding carboxylic acids is 1. The summed E-state index contributed by atoms with van der Waals surface area (Å²) in [5.74, 6) is -0.113. The zero-order chi connectivity index (χ0) is 24.8. The molecule has 11 nitrogen and oxygen atoms in total. The molecule has 0 fully saturated rings. The molecule has 2 aromatic carbocycles. The number of amides is 1. The number of ether oxygens (including phenoxy) is 1. The number of nitro groups is 1. The summed E-state index contributed by atoms with van der Waals surface area (Å²) in [5.41, 5.74) is 6.62. The van der Waals surface area contributed by atoms with Gasteiger partial charge in [0.15, 0.2) is 0 Å². The number of carbonyl (C=O) groups is 1. The van der Waals surface area contributed by atoms with Crippen LogP contribution in [-0.2, 0) is 6.61 Å². The fourth-order valence-corrected chi connectivity index (χ4v) is 3.31. The van der Waals surface area contributed by atoms with E-state index in [0.29, 0.717) is 22.6 Å². The molecule has 2 heterocycles. The van der Waals surface area contributed by atoms with Gasteiger partial charge in [-0.2, -0.15) is 5.10 Å². The molecular formula is C24H21N7O4. The number of pyridine rings is 1. The van der Waals surface area contributed by atoms with Gasteiger partial charge in [0.2, 0.25) is 0 Å². The highest BCUT2D eigenvalue weighted by atomic mass is 16.6. The van der Waals surface area contributed by atoms with Crippen LogP contribution in [0.1, 0.15) is 32.7 Å². The Bertz CT molecular complexity index is 1400. The van der Waals surface area contributed by atoms with Crippen molar-refractivity contribution in [3.63, 3.8) is 0 Å². The van der Waals surface area contributed by atoms with Crippen molar-refractivity contribution in [1.82, 2.24) is 25.4 Å². The van der Waals surface area contributed by atoms with E-state index in [9.17, 15) is 14.9 Å². The van der Waals surface area contributed by atoms with Crippen molar-refractivity contribution in [2.75, 3.05) is 0 Å². The standard InChI is InChI=1S/C24H21N7O4/c1-16-3-5-22(17(2)11-16)30-14-20(27-29-30)15-35-23-6-4-21(31(33)34)12-19(23)13-26-28-24(32)18-7-9-25-10-8-18/h3-14H,15H2,1-2H3,(H,28,32)/b26-13+. The molecule has 0 radical (unpaired) electrons. The highest BCUT2D eigenvalue weighted by molar-refractivity contribution is 5.95.